The van der Waals surface area contributed by atoms with E-state index in [1.165, 1.54) is 11.3 Å². The van der Waals surface area contributed by atoms with Gasteiger partial charge in [0.15, 0.2) is 5.13 Å². The number of rotatable bonds is 4. The van der Waals surface area contributed by atoms with Gasteiger partial charge in [-0.1, -0.05) is 46.7 Å². The van der Waals surface area contributed by atoms with Gasteiger partial charge < -0.3 is 0 Å². The third-order valence-corrected chi connectivity index (χ3v) is 5.91. The normalized spacial score (nSPS) is 11.0. The second kappa shape index (κ2) is 8.11. The molecule has 0 saturated heterocycles. The minimum Gasteiger partial charge on any atom is -0.278 e. The summed E-state index contributed by atoms with van der Waals surface area (Å²) < 4.78 is 1.04. The van der Waals surface area contributed by atoms with E-state index in [-0.39, 0.29) is 5.91 Å². The van der Waals surface area contributed by atoms with Gasteiger partial charge in [0.1, 0.15) is 0 Å². The molecule has 7 heteroatoms. The van der Waals surface area contributed by atoms with Crippen LogP contribution in [0.1, 0.15) is 27.2 Å². The van der Waals surface area contributed by atoms with Gasteiger partial charge in [-0.15, -0.1) is 0 Å². The van der Waals surface area contributed by atoms with Crippen LogP contribution in [0.25, 0.3) is 10.2 Å². The SMILES string of the molecule is Cc1cc(C)c2nc(N(Cc3ccccn3)C(=O)c3cc(Cl)cc(Cl)c3)sc2c1. The zero-order valence-electron chi connectivity index (χ0n) is 15.8. The zero-order chi connectivity index (χ0) is 20.5. The highest BCUT2D eigenvalue weighted by molar-refractivity contribution is 7.22. The fourth-order valence-corrected chi connectivity index (χ4v) is 4.85. The summed E-state index contributed by atoms with van der Waals surface area (Å²) in [6.07, 6.45) is 1.71. The molecule has 0 spiro atoms. The Morgan fingerprint density at radius 3 is 2.52 bits per heavy atom. The van der Waals surface area contributed by atoms with E-state index >= 15 is 0 Å². The van der Waals surface area contributed by atoms with Crippen LogP contribution < -0.4 is 4.90 Å². The van der Waals surface area contributed by atoms with Crippen LogP contribution in [-0.4, -0.2) is 15.9 Å². The lowest BCUT2D eigenvalue weighted by molar-refractivity contribution is 0.0985. The van der Waals surface area contributed by atoms with Crippen LogP contribution in [0.3, 0.4) is 0 Å². The molecule has 0 fully saturated rings. The number of hydrogen-bond acceptors (Lipinski definition) is 4. The maximum absolute atomic E-state index is 13.4. The van der Waals surface area contributed by atoms with Crippen molar-refractivity contribution in [1.29, 1.82) is 0 Å². The highest BCUT2D eigenvalue weighted by Crippen LogP contribution is 2.33. The number of aromatic nitrogens is 2. The number of thiazole rings is 1. The molecule has 0 N–H and O–H groups in total. The highest BCUT2D eigenvalue weighted by atomic mass is 35.5. The predicted molar refractivity (Wildman–Crippen MR) is 120 cm³/mol. The molecule has 2 aromatic heterocycles. The van der Waals surface area contributed by atoms with Gasteiger partial charge in [0, 0.05) is 21.8 Å². The van der Waals surface area contributed by atoms with E-state index in [0.29, 0.717) is 27.3 Å². The Morgan fingerprint density at radius 2 is 1.83 bits per heavy atom. The van der Waals surface area contributed by atoms with Crippen molar-refractivity contribution in [2.24, 2.45) is 0 Å². The maximum Gasteiger partial charge on any atom is 0.260 e. The van der Waals surface area contributed by atoms with Gasteiger partial charge in [0.2, 0.25) is 0 Å². The average Bonchev–Trinajstić information content (AvgIpc) is 3.09. The van der Waals surface area contributed by atoms with Crippen LogP contribution in [0, 0.1) is 13.8 Å². The average molecular weight is 442 g/mol. The first-order valence-corrected chi connectivity index (χ1v) is 10.5. The van der Waals surface area contributed by atoms with Crippen molar-refractivity contribution in [3.63, 3.8) is 0 Å². The van der Waals surface area contributed by atoms with Gasteiger partial charge in [-0.05, 0) is 61.4 Å². The summed E-state index contributed by atoms with van der Waals surface area (Å²) in [5.74, 6) is -0.228. The first-order valence-electron chi connectivity index (χ1n) is 8.96. The van der Waals surface area contributed by atoms with Crippen molar-refractivity contribution in [1.82, 2.24) is 9.97 Å². The molecule has 146 valence electrons. The Hall–Kier alpha value is -2.47. The molecule has 0 saturated carbocycles. The Morgan fingerprint density at radius 1 is 1.07 bits per heavy atom. The number of pyridine rings is 1. The van der Waals surface area contributed by atoms with Crippen molar-refractivity contribution >= 4 is 55.8 Å². The Kier molecular flexibility index (Phi) is 5.54. The van der Waals surface area contributed by atoms with E-state index in [0.717, 1.165) is 27.0 Å². The minimum absolute atomic E-state index is 0.228. The molecule has 1 amide bonds. The Balaban J connectivity index is 1.82. The Bertz CT molecular complexity index is 1190. The van der Waals surface area contributed by atoms with Crippen LogP contribution in [-0.2, 0) is 6.54 Å². The first-order chi connectivity index (χ1) is 13.9. The fraction of sp³-hybridized carbons (Fsp3) is 0.136. The molecule has 2 aromatic carbocycles. The molecule has 29 heavy (non-hydrogen) atoms. The van der Waals surface area contributed by atoms with Crippen molar-refractivity contribution < 1.29 is 4.79 Å². The number of halogens is 2. The summed E-state index contributed by atoms with van der Waals surface area (Å²) in [6, 6.07) is 14.6. The number of anilines is 1. The molecule has 0 aliphatic heterocycles. The molecule has 0 aliphatic rings. The molecule has 0 unspecified atom stereocenters. The summed E-state index contributed by atoms with van der Waals surface area (Å²) in [4.78, 5) is 24.2. The van der Waals surface area contributed by atoms with Crippen molar-refractivity contribution in [2.75, 3.05) is 4.90 Å². The number of hydrogen-bond donors (Lipinski definition) is 0. The van der Waals surface area contributed by atoms with Crippen LogP contribution in [0.5, 0.6) is 0 Å². The smallest absolute Gasteiger partial charge is 0.260 e. The number of carbonyl (C=O) groups excluding carboxylic acids is 1. The van der Waals surface area contributed by atoms with Gasteiger partial charge in [0.25, 0.3) is 5.91 Å². The van der Waals surface area contributed by atoms with Gasteiger partial charge in [-0.2, -0.15) is 0 Å². The molecule has 4 rings (SSSR count). The fourth-order valence-electron chi connectivity index (χ4n) is 3.19. The van der Waals surface area contributed by atoms with E-state index in [1.807, 2.05) is 25.1 Å². The first kappa shape index (κ1) is 19.8. The van der Waals surface area contributed by atoms with Gasteiger partial charge in [-0.3, -0.25) is 14.7 Å². The van der Waals surface area contributed by atoms with Crippen LogP contribution in [0.15, 0.2) is 54.7 Å². The number of amides is 1. The maximum atomic E-state index is 13.4. The summed E-state index contributed by atoms with van der Waals surface area (Å²) in [5.41, 5.74) is 4.32. The monoisotopic (exact) mass is 441 g/mol. The summed E-state index contributed by atoms with van der Waals surface area (Å²) in [5, 5.41) is 1.43. The second-order valence-corrected chi connectivity index (χ2v) is 8.68. The molecule has 0 atom stereocenters. The van der Waals surface area contributed by atoms with Crippen molar-refractivity contribution in [2.45, 2.75) is 20.4 Å². The summed E-state index contributed by atoms with van der Waals surface area (Å²) in [6.45, 7) is 4.37. The van der Waals surface area contributed by atoms with E-state index in [1.54, 1.807) is 29.3 Å². The highest BCUT2D eigenvalue weighted by Gasteiger charge is 2.23. The number of fused-ring (bicyclic) bond motifs is 1. The van der Waals surface area contributed by atoms with Gasteiger partial charge in [0.05, 0.1) is 22.5 Å². The molecule has 0 radical (unpaired) electrons. The lowest BCUT2D eigenvalue weighted by atomic mass is 10.1. The van der Waals surface area contributed by atoms with E-state index in [9.17, 15) is 4.79 Å². The third-order valence-electron chi connectivity index (χ3n) is 4.45. The van der Waals surface area contributed by atoms with Gasteiger partial charge in [-0.25, -0.2) is 4.98 Å². The van der Waals surface area contributed by atoms with Crippen LogP contribution >= 0.6 is 34.5 Å². The number of aryl methyl sites for hydroxylation is 2. The van der Waals surface area contributed by atoms with Gasteiger partial charge >= 0.3 is 0 Å². The molecule has 4 nitrogen and oxygen atoms in total. The van der Waals surface area contributed by atoms with Crippen LogP contribution in [0.4, 0.5) is 5.13 Å². The number of nitrogens with zero attached hydrogens (tertiary/aromatic N) is 3. The topological polar surface area (TPSA) is 46.1 Å². The largest absolute Gasteiger partial charge is 0.278 e. The minimum atomic E-state index is -0.228. The number of benzene rings is 2. The quantitative estimate of drug-likeness (QED) is 0.364. The molecule has 0 aliphatic carbocycles. The van der Waals surface area contributed by atoms with Crippen molar-refractivity contribution in [3.05, 3.63) is 87.2 Å². The number of carbonyl (C=O) groups is 1. The van der Waals surface area contributed by atoms with Crippen molar-refractivity contribution in [3.8, 4) is 0 Å². The molecule has 0 bridgehead atoms. The summed E-state index contributed by atoms with van der Waals surface area (Å²) >= 11 is 13.7. The van der Waals surface area contributed by atoms with Crippen LogP contribution in [0.2, 0.25) is 10.0 Å². The lowest BCUT2D eigenvalue weighted by Gasteiger charge is -2.20. The predicted octanol–water partition coefficient (Wildman–Crippen LogP) is 6.46. The third kappa shape index (κ3) is 4.27. The molecular formula is C22H17Cl2N3OS. The Labute approximate surface area is 182 Å². The van der Waals surface area contributed by atoms with E-state index in [4.69, 9.17) is 28.2 Å². The standard InChI is InChI=1S/C22H17Cl2N3OS/c1-13-7-14(2)20-19(8-13)29-22(26-20)27(12-18-5-3-4-6-25-18)21(28)15-9-16(23)11-17(24)10-15/h3-11H,12H2,1-2H3. The molecule has 2 heterocycles. The summed E-state index contributed by atoms with van der Waals surface area (Å²) in [7, 11) is 0. The second-order valence-electron chi connectivity index (χ2n) is 6.80. The van der Waals surface area contributed by atoms with E-state index < -0.39 is 0 Å². The zero-order valence-corrected chi connectivity index (χ0v) is 18.1. The lowest BCUT2D eigenvalue weighted by Crippen LogP contribution is -2.30. The molecular weight excluding hydrogens is 425 g/mol. The van der Waals surface area contributed by atoms with E-state index in [2.05, 4.69) is 24.0 Å². The molecule has 4 aromatic rings.